The van der Waals surface area contributed by atoms with Gasteiger partial charge in [-0.3, -0.25) is 4.79 Å². The predicted molar refractivity (Wildman–Crippen MR) is 114 cm³/mol. The molecule has 10 heteroatoms. The summed E-state index contributed by atoms with van der Waals surface area (Å²) in [6, 6.07) is 8.71. The zero-order valence-electron chi connectivity index (χ0n) is 16.7. The van der Waals surface area contributed by atoms with Crippen molar-refractivity contribution in [1.29, 1.82) is 0 Å². The van der Waals surface area contributed by atoms with Crippen LogP contribution in [-0.2, 0) is 21.2 Å². The third-order valence-corrected chi connectivity index (χ3v) is 7.85. The highest BCUT2D eigenvalue weighted by Crippen LogP contribution is 2.28. The van der Waals surface area contributed by atoms with E-state index in [1.807, 2.05) is 19.1 Å². The van der Waals surface area contributed by atoms with Gasteiger partial charge in [0.1, 0.15) is 21.7 Å². The SMILES string of the molecule is C[C@H](CCc1ccco1)NC(=O)[C@H]1CCCN(S(=O)(=O)c2cccc3nsnc23)C1. The van der Waals surface area contributed by atoms with Crippen molar-refractivity contribution in [3.8, 4) is 0 Å². The molecule has 1 N–H and O–H groups in total. The standard InChI is InChI=1S/C20H24N4O4S2/c1-14(9-10-16-6-4-12-28-16)21-20(25)15-5-3-11-24(13-15)30(26,27)18-8-2-7-17-19(18)23-29-22-17/h2,4,6-8,12,14-15H,3,5,9-11,13H2,1H3,(H,21,25)/t14-,15+/m1/s1. The first-order valence-electron chi connectivity index (χ1n) is 9.99. The van der Waals surface area contributed by atoms with Gasteiger partial charge < -0.3 is 9.73 Å². The van der Waals surface area contributed by atoms with Gasteiger partial charge in [0.15, 0.2) is 0 Å². The van der Waals surface area contributed by atoms with Crippen molar-refractivity contribution < 1.29 is 17.6 Å². The first-order valence-corrected chi connectivity index (χ1v) is 12.2. The van der Waals surface area contributed by atoms with Crippen molar-refractivity contribution in [1.82, 2.24) is 18.4 Å². The normalized spacial score (nSPS) is 19.0. The number of furan rings is 1. The van der Waals surface area contributed by atoms with Crippen LogP contribution >= 0.6 is 11.7 Å². The van der Waals surface area contributed by atoms with Gasteiger partial charge in [-0.1, -0.05) is 6.07 Å². The van der Waals surface area contributed by atoms with Crippen molar-refractivity contribution in [2.45, 2.75) is 43.5 Å². The Labute approximate surface area is 179 Å². The molecule has 1 aliphatic heterocycles. The van der Waals surface area contributed by atoms with Crippen molar-refractivity contribution >= 4 is 38.7 Å². The lowest BCUT2D eigenvalue weighted by atomic mass is 9.98. The van der Waals surface area contributed by atoms with Crippen LogP contribution in [0.15, 0.2) is 45.9 Å². The van der Waals surface area contributed by atoms with E-state index in [0.29, 0.717) is 30.4 Å². The number of hydrogen-bond donors (Lipinski definition) is 1. The van der Waals surface area contributed by atoms with E-state index in [9.17, 15) is 13.2 Å². The molecule has 0 spiro atoms. The Bertz CT molecular complexity index is 1110. The number of rotatable bonds is 7. The maximum atomic E-state index is 13.2. The summed E-state index contributed by atoms with van der Waals surface area (Å²) < 4.78 is 41.5. The van der Waals surface area contributed by atoms with Crippen molar-refractivity contribution in [2.24, 2.45) is 5.92 Å². The third kappa shape index (κ3) is 4.40. The molecule has 30 heavy (non-hydrogen) atoms. The van der Waals surface area contributed by atoms with Gasteiger partial charge in [-0.05, 0) is 50.5 Å². The lowest BCUT2D eigenvalue weighted by Crippen LogP contribution is -2.47. The molecule has 1 aliphatic rings. The second-order valence-electron chi connectivity index (χ2n) is 7.62. The number of aromatic nitrogens is 2. The van der Waals surface area contributed by atoms with E-state index >= 15 is 0 Å². The number of nitrogens with zero attached hydrogens (tertiary/aromatic N) is 3. The van der Waals surface area contributed by atoms with E-state index in [2.05, 4.69) is 14.1 Å². The Morgan fingerprint density at radius 1 is 1.33 bits per heavy atom. The summed E-state index contributed by atoms with van der Waals surface area (Å²) >= 11 is 0.992. The van der Waals surface area contributed by atoms with E-state index in [1.54, 1.807) is 24.5 Å². The average molecular weight is 449 g/mol. The number of amides is 1. The van der Waals surface area contributed by atoms with Gasteiger partial charge >= 0.3 is 0 Å². The molecule has 0 saturated carbocycles. The minimum Gasteiger partial charge on any atom is -0.469 e. The fourth-order valence-corrected chi connectivity index (χ4v) is 6.03. The molecule has 3 aromatic rings. The van der Waals surface area contributed by atoms with Gasteiger partial charge in [-0.15, -0.1) is 0 Å². The highest BCUT2D eigenvalue weighted by atomic mass is 32.2. The molecular weight excluding hydrogens is 424 g/mol. The second kappa shape index (κ2) is 8.83. The van der Waals surface area contributed by atoms with Crippen LogP contribution < -0.4 is 5.32 Å². The van der Waals surface area contributed by atoms with Gasteiger partial charge in [0, 0.05) is 25.6 Å². The second-order valence-corrected chi connectivity index (χ2v) is 10.1. The molecule has 1 saturated heterocycles. The largest absolute Gasteiger partial charge is 0.469 e. The molecule has 0 radical (unpaired) electrons. The summed E-state index contributed by atoms with van der Waals surface area (Å²) in [5.74, 6) is 0.416. The van der Waals surface area contributed by atoms with Crippen molar-refractivity contribution in [2.75, 3.05) is 13.1 Å². The quantitative estimate of drug-likeness (QED) is 0.596. The summed E-state index contributed by atoms with van der Waals surface area (Å²) in [6.07, 6.45) is 4.45. The maximum Gasteiger partial charge on any atom is 0.245 e. The van der Waals surface area contributed by atoms with E-state index in [0.717, 1.165) is 30.3 Å². The summed E-state index contributed by atoms with van der Waals surface area (Å²) in [6.45, 7) is 2.52. The van der Waals surface area contributed by atoms with Gasteiger partial charge in [-0.25, -0.2) is 8.42 Å². The number of carbonyl (C=O) groups is 1. The Morgan fingerprint density at radius 3 is 3.00 bits per heavy atom. The highest BCUT2D eigenvalue weighted by Gasteiger charge is 2.34. The van der Waals surface area contributed by atoms with E-state index < -0.39 is 10.0 Å². The monoisotopic (exact) mass is 448 g/mol. The number of piperidine rings is 1. The van der Waals surface area contributed by atoms with Crippen molar-refractivity contribution in [3.63, 3.8) is 0 Å². The Morgan fingerprint density at radius 2 is 2.20 bits per heavy atom. The molecule has 2 atom stereocenters. The molecule has 4 rings (SSSR count). The minimum atomic E-state index is -3.75. The Hall–Kier alpha value is -2.30. The number of nitrogens with one attached hydrogen (secondary N) is 1. The van der Waals surface area contributed by atoms with Crippen LogP contribution in [0.2, 0.25) is 0 Å². The zero-order chi connectivity index (χ0) is 21.1. The number of aryl methyl sites for hydroxylation is 1. The molecule has 1 aromatic carbocycles. The zero-order valence-corrected chi connectivity index (χ0v) is 18.3. The lowest BCUT2D eigenvalue weighted by molar-refractivity contribution is -0.126. The number of benzene rings is 1. The third-order valence-electron chi connectivity index (χ3n) is 5.41. The van der Waals surface area contributed by atoms with Gasteiger partial charge in [0.2, 0.25) is 15.9 Å². The highest BCUT2D eigenvalue weighted by molar-refractivity contribution is 7.89. The molecule has 8 nitrogen and oxygen atoms in total. The van der Waals surface area contributed by atoms with Crippen LogP contribution in [0.3, 0.4) is 0 Å². The molecule has 0 unspecified atom stereocenters. The Kier molecular flexibility index (Phi) is 6.16. The van der Waals surface area contributed by atoms with Crippen LogP contribution in [-0.4, -0.2) is 46.5 Å². The minimum absolute atomic E-state index is 0.0237. The predicted octanol–water partition coefficient (Wildman–Crippen LogP) is 2.82. The first-order chi connectivity index (χ1) is 14.4. The molecular formula is C20H24N4O4S2. The van der Waals surface area contributed by atoms with Gasteiger partial charge in [0.25, 0.3) is 0 Å². The van der Waals surface area contributed by atoms with Crippen LogP contribution in [0.5, 0.6) is 0 Å². The number of carbonyl (C=O) groups excluding carboxylic acids is 1. The molecule has 2 aromatic heterocycles. The van der Waals surface area contributed by atoms with Gasteiger partial charge in [-0.2, -0.15) is 13.1 Å². The van der Waals surface area contributed by atoms with Crippen LogP contribution in [0.4, 0.5) is 0 Å². The van der Waals surface area contributed by atoms with Crippen LogP contribution in [0.25, 0.3) is 11.0 Å². The molecule has 0 bridgehead atoms. The summed E-state index contributed by atoms with van der Waals surface area (Å²) in [7, 11) is -3.75. The molecule has 0 aliphatic carbocycles. The molecule has 160 valence electrons. The molecule has 1 amide bonds. The maximum absolute atomic E-state index is 13.2. The van der Waals surface area contributed by atoms with Crippen molar-refractivity contribution in [3.05, 3.63) is 42.4 Å². The van der Waals surface area contributed by atoms with E-state index in [1.165, 1.54) is 4.31 Å². The fourth-order valence-electron chi connectivity index (χ4n) is 3.75. The first kappa shape index (κ1) is 21.0. The summed E-state index contributed by atoms with van der Waals surface area (Å²) in [4.78, 5) is 12.9. The average Bonchev–Trinajstić information content (AvgIpc) is 3.43. The van der Waals surface area contributed by atoms with Crippen LogP contribution in [0, 0.1) is 5.92 Å². The smallest absolute Gasteiger partial charge is 0.245 e. The molecule has 1 fully saturated rings. The van der Waals surface area contributed by atoms with Crippen LogP contribution in [0.1, 0.15) is 31.9 Å². The number of fused-ring (bicyclic) bond motifs is 1. The lowest BCUT2D eigenvalue weighted by Gasteiger charge is -2.31. The summed E-state index contributed by atoms with van der Waals surface area (Å²) in [5, 5.41) is 3.03. The summed E-state index contributed by atoms with van der Waals surface area (Å²) in [5.41, 5.74) is 0.957. The van der Waals surface area contributed by atoms with E-state index in [4.69, 9.17) is 4.42 Å². The van der Waals surface area contributed by atoms with E-state index in [-0.39, 0.29) is 29.3 Å². The number of sulfonamides is 1. The van der Waals surface area contributed by atoms with Gasteiger partial charge in [0.05, 0.1) is 23.9 Å². The number of hydrogen-bond acceptors (Lipinski definition) is 7. The Balaban J connectivity index is 1.41. The topological polar surface area (TPSA) is 105 Å². The fraction of sp³-hybridized carbons (Fsp3) is 0.450. The molecule has 3 heterocycles.